The van der Waals surface area contributed by atoms with Crippen LogP contribution in [0.2, 0.25) is 0 Å². The van der Waals surface area contributed by atoms with Gasteiger partial charge in [-0.3, -0.25) is 4.99 Å². The molecule has 1 rings (SSSR count). The van der Waals surface area contributed by atoms with Crippen LogP contribution in [0.15, 0.2) is 29.3 Å². The molecule has 2 N–H and O–H groups in total. The Bertz CT molecular complexity index is 441. The Hall–Kier alpha value is -1.02. The van der Waals surface area contributed by atoms with Crippen molar-refractivity contribution in [1.29, 1.82) is 0 Å². The fourth-order valence-electron chi connectivity index (χ4n) is 2.08. The summed E-state index contributed by atoms with van der Waals surface area (Å²) in [5.74, 6) is 2.07. The van der Waals surface area contributed by atoms with Crippen molar-refractivity contribution < 1.29 is 9.47 Å². The van der Waals surface area contributed by atoms with E-state index in [0.717, 1.165) is 37.8 Å². The molecule has 0 saturated heterocycles. The molecule has 0 aliphatic rings. The van der Waals surface area contributed by atoms with Crippen LogP contribution in [0.3, 0.4) is 0 Å². The van der Waals surface area contributed by atoms with Crippen molar-refractivity contribution in [1.82, 2.24) is 10.6 Å². The summed E-state index contributed by atoms with van der Waals surface area (Å²) >= 11 is 0. The first-order valence-electron chi connectivity index (χ1n) is 7.29. The zero-order valence-corrected chi connectivity index (χ0v) is 16.2. The molecule has 0 aliphatic carbocycles. The second kappa shape index (κ2) is 12.5. The lowest BCUT2D eigenvalue weighted by Crippen LogP contribution is -2.39. The molecule has 5 nitrogen and oxygen atoms in total. The Morgan fingerprint density at radius 1 is 1.23 bits per heavy atom. The van der Waals surface area contributed by atoms with E-state index < -0.39 is 0 Å². The first-order chi connectivity index (χ1) is 10.2. The number of rotatable bonds is 8. The lowest BCUT2D eigenvalue weighted by Gasteiger charge is -2.18. The van der Waals surface area contributed by atoms with Crippen LogP contribution in [0.1, 0.15) is 24.8 Å². The van der Waals surface area contributed by atoms with Crippen LogP contribution in [0, 0.1) is 0 Å². The minimum atomic E-state index is 0. The summed E-state index contributed by atoms with van der Waals surface area (Å²) < 4.78 is 10.4. The van der Waals surface area contributed by atoms with Crippen molar-refractivity contribution in [2.24, 2.45) is 4.99 Å². The van der Waals surface area contributed by atoms with Crippen molar-refractivity contribution in [3.8, 4) is 5.75 Å². The molecule has 0 amide bonds. The maximum absolute atomic E-state index is 5.40. The van der Waals surface area contributed by atoms with Gasteiger partial charge >= 0.3 is 0 Å². The van der Waals surface area contributed by atoms with Crippen LogP contribution < -0.4 is 15.4 Å². The summed E-state index contributed by atoms with van der Waals surface area (Å²) in [5, 5.41) is 6.61. The van der Waals surface area contributed by atoms with Crippen molar-refractivity contribution in [2.45, 2.75) is 19.3 Å². The highest BCUT2D eigenvalue weighted by Crippen LogP contribution is 2.25. The maximum atomic E-state index is 5.40. The van der Waals surface area contributed by atoms with Gasteiger partial charge in [0.1, 0.15) is 5.75 Å². The Labute approximate surface area is 150 Å². The largest absolute Gasteiger partial charge is 0.496 e. The van der Waals surface area contributed by atoms with Gasteiger partial charge in [0.05, 0.1) is 7.11 Å². The number of hydrogen-bond acceptors (Lipinski definition) is 3. The van der Waals surface area contributed by atoms with E-state index in [9.17, 15) is 0 Å². The van der Waals surface area contributed by atoms with E-state index in [2.05, 4.69) is 28.6 Å². The lowest BCUT2D eigenvalue weighted by molar-refractivity contribution is 0.195. The van der Waals surface area contributed by atoms with Gasteiger partial charge in [-0.2, -0.15) is 0 Å². The summed E-state index contributed by atoms with van der Waals surface area (Å²) in [4.78, 5) is 4.22. The number of benzene rings is 1. The number of nitrogens with one attached hydrogen (secondary N) is 2. The summed E-state index contributed by atoms with van der Waals surface area (Å²) in [6.07, 6.45) is 0.958. The fourth-order valence-corrected chi connectivity index (χ4v) is 2.08. The van der Waals surface area contributed by atoms with Gasteiger partial charge in [-0.05, 0) is 18.1 Å². The van der Waals surface area contributed by atoms with Gasteiger partial charge in [0, 0.05) is 39.8 Å². The topological polar surface area (TPSA) is 54.9 Å². The third kappa shape index (κ3) is 7.31. The Kier molecular flexibility index (Phi) is 11.9. The van der Waals surface area contributed by atoms with Crippen LogP contribution in [0.4, 0.5) is 0 Å². The lowest BCUT2D eigenvalue weighted by atomic mass is 10.0. The van der Waals surface area contributed by atoms with Crippen molar-refractivity contribution in [3.63, 3.8) is 0 Å². The molecule has 0 aromatic heterocycles. The van der Waals surface area contributed by atoms with Gasteiger partial charge in [-0.25, -0.2) is 0 Å². The molecular formula is C16H28IN3O2. The maximum Gasteiger partial charge on any atom is 0.190 e. The number of methoxy groups -OCH3 is 2. The van der Waals surface area contributed by atoms with Gasteiger partial charge in [0.2, 0.25) is 0 Å². The second-order valence-electron chi connectivity index (χ2n) is 4.87. The van der Waals surface area contributed by atoms with Gasteiger partial charge < -0.3 is 20.1 Å². The third-order valence-corrected chi connectivity index (χ3v) is 3.29. The van der Waals surface area contributed by atoms with Crippen molar-refractivity contribution >= 4 is 29.9 Å². The molecule has 0 heterocycles. The average Bonchev–Trinajstić information content (AvgIpc) is 2.53. The van der Waals surface area contributed by atoms with E-state index in [1.54, 1.807) is 21.3 Å². The number of para-hydroxylation sites is 1. The van der Waals surface area contributed by atoms with Crippen LogP contribution in [0.25, 0.3) is 0 Å². The summed E-state index contributed by atoms with van der Waals surface area (Å²) in [6.45, 7) is 4.56. The van der Waals surface area contributed by atoms with Crippen LogP contribution >= 0.6 is 24.0 Å². The number of halogens is 1. The second-order valence-corrected chi connectivity index (χ2v) is 4.87. The van der Waals surface area contributed by atoms with Gasteiger partial charge in [0.15, 0.2) is 5.96 Å². The third-order valence-electron chi connectivity index (χ3n) is 3.29. The van der Waals surface area contributed by atoms with E-state index in [1.165, 1.54) is 5.56 Å². The highest BCUT2D eigenvalue weighted by atomic mass is 127. The van der Waals surface area contributed by atoms with Crippen LogP contribution in [0.5, 0.6) is 5.75 Å². The van der Waals surface area contributed by atoms with E-state index in [0.29, 0.717) is 5.92 Å². The minimum Gasteiger partial charge on any atom is -0.496 e. The summed E-state index contributed by atoms with van der Waals surface area (Å²) in [7, 11) is 5.19. The standard InChI is InChI=1S/C16H27N3O2.HI/c1-13(14-8-5-6-9-15(14)21-4)12-19-16(17-2)18-10-7-11-20-3;/h5-6,8-9,13H,7,10-12H2,1-4H3,(H2,17,18,19);1H. The predicted molar refractivity (Wildman–Crippen MR) is 103 cm³/mol. The highest BCUT2D eigenvalue weighted by molar-refractivity contribution is 14.0. The van der Waals surface area contributed by atoms with Gasteiger partial charge in [0.25, 0.3) is 0 Å². The summed E-state index contributed by atoms with van der Waals surface area (Å²) in [6, 6.07) is 8.11. The molecule has 1 aromatic carbocycles. The Morgan fingerprint density at radius 3 is 2.59 bits per heavy atom. The summed E-state index contributed by atoms with van der Waals surface area (Å²) in [5.41, 5.74) is 1.20. The van der Waals surface area contributed by atoms with Gasteiger partial charge in [-0.1, -0.05) is 25.1 Å². The molecule has 0 saturated carbocycles. The Balaban J connectivity index is 0.00000441. The fraction of sp³-hybridized carbons (Fsp3) is 0.562. The monoisotopic (exact) mass is 421 g/mol. The smallest absolute Gasteiger partial charge is 0.190 e. The number of aliphatic imine (C=N–C) groups is 1. The molecule has 0 radical (unpaired) electrons. The number of nitrogens with zero attached hydrogens (tertiary/aromatic N) is 1. The van der Waals surface area contributed by atoms with Crippen molar-refractivity contribution in [2.75, 3.05) is 41.0 Å². The molecule has 0 spiro atoms. The Morgan fingerprint density at radius 2 is 1.95 bits per heavy atom. The first kappa shape index (κ1) is 21.0. The van der Waals surface area contributed by atoms with E-state index >= 15 is 0 Å². The minimum absolute atomic E-state index is 0. The average molecular weight is 421 g/mol. The zero-order valence-electron chi connectivity index (χ0n) is 13.9. The quantitative estimate of drug-likeness (QED) is 0.293. The first-order valence-corrected chi connectivity index (χ1v) is 7.29. The van der Waals surface area contributed by atoms with Crippen molar-refractivity contribution in [3.05, 3.63) is 29.8 Å². The number of hydrogen-bond donors (Lipinski definition) is 2. The SMILES string of the molecule is CN=C(NCCCOC)NCC(C)c1ccccc1OC.I. The molecule has 1 atom stereocenters. The highest BCUT2D eigenvalue weighted by Gasteiger charge is 2.11. The molecule has 0 aliphatic heterocycles. The molecule has 6 heteroatoms. The molecule has 126 valence electrons. The molecular weight excluding hydrogens is 393 g/mol. The number of guanidine groups is 1. The van der Waals surface area contributed by atoms with Crippen LogP contribution in [-0.2, 0) is 4.74 Å². The molecule has 0 fully saturated rings. The molecule has 1 aromatic rings. The molecule has 1 unspecified atom stereocenters. The normalized spacial score (nSPS) is 12.3. The van der Waals surface area contributed by atoms with Crippen LogP contribution in [-0.4, -0.2) is 46.9 Å². The number of ether oxygens (including phenoxy) is 2. The predicted octanol–water partition coefficient (Wildman–Crippen LogP) is 2.62. The zero-order chi connectivity index (χ0) is 15.5. The van der Waals surface area contributed by atoms with Gasteiger partial charge in [-0.15, -0.1) is 24.0 Å². The van der Waals surface area contributed by atoms with E-state index in [-0.39, 0.29) is 24.0 Å². The van der Waals surface area contributed by atoms with E-state index in [4.69, 9.17) is 9.47 Å². The van der Waals surface area contributed by atoms with E-state index in [1.807, 2.05) is 18.2 Å². The molecule has 22 heavy (non-hydrogen) atoms. The molecule has 0 bridgehead atoms.